The third-order valence-electron chi connectivity index (χ3n) is 3.40. The molecule has 116 valence electrons. The van der Waals surface area contributed by atoms with Crippen molar-refractivity contribution in [3.8, 4) is 0 Å². The molecule has 7 heteroatoms. The summed E-state index contributed by atoms with van der Waals surface area (Å²) < 4.78 is 34.4. The topological polar surface area (TPSA) is 83.9 Å². The molecule has 0 aromatic heterocycles. The minimum absolute atomic E-state index is 0.356. The number of benzene rings is 1. The lowest BCUT2D eigenvalue weighted by atomic mass is 10.1. The molecule has 2 rings (SSSR count). The Morgan fingerprint density at radius 3 is 2.33 bits per heavy atom. The summed E-state index contributed by atoms with van der Waals surface area (Å²) in [4.78, 5) is 14.0. The Kier molecular flexibility index (Phi) is 5.19. The summed E-state index contributed by atoms with van der Waals surface area (Å²) in [5.41, 5.74) is 1.44. The van der Waals surface area contributed by atoms with Gasteiger partial charge >= 0.3 is 5.97 Å². The summed E-state index contributed by atoms with van der Waals surface area (Å²) in [6.45, 7) is 1.70. The lowest BCUT2D eigenvalue weighted by Gasteiger charge is -2.28. The molecule has 1 aliphatic heterocycles. The highest BCUT2D eigenvalue weighted by atomic mass is 32.2. The Bertz CT molecular complexity index is 576. The zero-order valence-electron chi connectivity index (χ0n) is 11.7. The number of hydrogen-bond donors (Lipinski definition) is 1. The van der Waals surface area contributed by atoms with Crippen LogP contribution in [-0.4, -0.2) is 44.4 Å². The van der Waals surface area contributed by atoms with Crippen LogP contribution < -0.4 is 4.90 Å². The highest BCUT2D eigenvalue weighted by Crippen LogP contribution is 2.20. The summed E-state index contributed by atoms with van der Waals surface area (Å²) in [7, 11) is -4.11. The van der Waals surface area contributed by atoms with Crippen molar-refractivity contribution in [1.82, 2.24) is 0 Å². The average Bonchev–Trinajstić information content (AvgIpc) is 2.47. The number of nitrogens with zero attached hydrogens (tertiary/aromatic N) is 1. The molecule has 0 saturated carbocycles. The Morgan fingerprint density at radius 1 is 1.14 bits per heavy atom. The third kappa shape index (κ3) is 5.02. The van der Waals surface area contributed by atoms with Crippen molar-refractivity contribution in [2.24, 2.45) is 0 Å². The summed E-state index contributed by atoms with van der Waals surface area (Å²) in [6.07, 6.45) is 3.62. The van der Waals surface area contributed by atoms with Crippen LogP contribution in [0.25, 0.3) is 0 Å². The van der Waals surface area contributed by atoms with E-state index in [-0.39, 0.29) is 6.61 Å². The number of anilines is 1. The van der Waals surface area contributed by atoms with Crippen molar-refractivity contribution in [1.29, 1.82) is 0 Å². The molecule has 0 spiro atoms. The van der Waals surface area contributed by atoms with Crippen molar-refractivity contribution in [3.63, 3.8) is 0 Å². The summed E-state index contributed by atoms with van der Waals surface area (Å²) in [5, 5.41) is 0. The largest absolute Gasteiger partial charge is 0.461 e. The van der Waals surface area contributed by atoms with E-state index < -0.39 is 21.8 Å². The van der Waals surface area contributed by atoms with Crippen molar-refractivity contribution in [2.75, 3.05) is 30.3 Å². The van der Waals surface area contributed by atoms with Gasteiger partial charge in [0.15, 0.2) is 0 Å². The minimum Gasteiger partial charge on any atom is -0.461 e. The van der Waals surface area contributed by atoms with E-state index in [2.05, 4.69) is 4.90 Å². The highest BCUT2D eigenvalue weighted by Gasteiger charge is 2.13. The second-order valence-electron chi connectivity index (χ2n) is 5.02. The van der Waals surface area contributed by atoms with E-state index in [1.807, 2.05) is 12.1 Å². The molecule has 0 unspecified atom stereocenters. The fraction of sp³-hybridized carbons (Fsp3) is 0.500. The van der Waals surface area contributed by atoms with Crippen LogP contribution in [0.3, 0.4) is 0 Å². The molecule has 1 saturated heterocycles. The van der Waals surface area contributed by atoms with Crippen LogP contribution in [0.1, 0.15) is 29.6 Å². The standard InChI is InChI=1S/C14H19NO5S/c16-14(20-10-11-21(17,18)19)12-4-6-13(7-5-12)15-8-2-1-3-9-15/h4-7H,1-3,8-11H2,(H,17,18,19). The number of carbonyl (C=O) groups excluding carboxylic acids is 1. The molecule has 1 fully saturated rings. The van der Waals surface area contributed by atoms with Crippen LogP contribution in [0.15, 0.2) is 24.3 Å². The van der Waals surface area contributed by atoms with E-state index in [0.717, 1.165) is 18.8 Å². The van der Waals surface area contributed by atoms with Gasteiger partial charge < -0.3 is 9.64 Å². The highest BCUT2D eigenvalue weighted by molar-refractivity contribution is 7.85. The Morgan fingerprint density at radius 2 is 1.76 bits per heavy atom. The average molecular weight is 313 g/mol. The van der Waals surface area contributed by atoms with Gasteiger partial charge in [-0.05, 0) is 43.5 Å². The van der Waals surface area contributed by atoms with Gasteiger partial charge in [0.2, 0.25) is 0 Å². The Hall–Kier alpha value is -1.60. The van der Waals surface area contributed by atoms with E-state index in [0.29, 0.717) is 5.56 Å². The maximum atomic E-state index is 11.7. The molecule has 0 bridgehead atoms. The van der Waals surface area contributed by atoms with Gasteiger partial charge in [-0.25, -0.2) is 4.79 Å². The molecule has 0 atom stereocenters. The van der Waals surface area contributed by atoms with Gasteiger partial charge in [0.05, 0.1) is 5.56 Å². The van der Waals surface area contributed by atoms with E-state index in [1.165, 1.54) is 19.3 Å². The number of piperidine rings is 1. The quantitative estimate of drug-likeness (QED) is 0.658. The van der Waals surface area contributed by atoms with Gasteiger partial charge in [-0.2, -0.15) is 8.42 Å². The molecule has 1 aliphatic rings. The predicted molar refractivity (Wildman–Crippen MR) is 79.2 cm³/mol. The number of hydrogen-bond acceptors (Lipinski definition) is 5. The number of esters is 1. The van der Waals surface area contributed by atoms with Gasteiger partial charge in [-0.3, -0.25) is 4.55 Å². The molecule has 6 nitrogen and oxygen atoms in total. The van der Waals surface area contributed by atoms with Crippen molar-refractivity contribution in [3.05, 3.63) is 29.8 Å². The van der Waals surface area contributed by atoms with Crippen LogP contribution in [0.4, 0.5) is 5.69 Å². The summed E-state index contributed by atoms with van der Waals surface area (Å²) in [6, 6.07) is 7.06. The second kappa shape index (κ2) is 6.91. The van der Waals surface area contributed by atoms with E-state index in [9.17, 15) is 13.2 Å². The van der Waals surface area contributed by atoms with Gasteiger partial charge in [0.25, 0.3) is 10.1 Å². The molecule has 21 heavy (non-hydrogen) atoms. The first-order chi connectivity index (χ1) is 9.96. The SMILES string of the molecule is O=C(OCCS(=O)(=O)O)c1ccc(N2CCCCC2)cc1. The van der Waals surface area contributed by atoms with Crippen LogP contribution in [0, 0.1) is 0 Å². The molecular formula is C14H19NO5S. The van der Waals surface area contributed by atoms with E-state index in [4.69, 9.17) is 9.29 Å². The fourth-order valence-corrected chi connectivity index (χ4v) is 2.58. The molecule has 1 N–H and O–H groups in total. The zero-order chi connectivity index (χ0) is 15.3. The second-order valence-corrected chi connectivity index (χ2v) is 6.59. The van der Waals surface area contributed by atoms with Gasteiger partial charge in [-0.1, -0.05) is 0 Å². The van der Waals surface area contributed by atoms with E-state index >= 15 is 0 Å². The summed E-state index contributed by atoms with van der Waals surface area (Å²) in [5.74, 6) is -1.19. The first-order valence-corrected chi connectivity index (χ1v) is 8.54. The number of ether oxygens (including phenoxy) is 1. The maximum absolute atomic E-state index is 11.7. The molecule has 0 amide bonds. The third-order valence-corrected chi connectivity index (χ3v) is 4.08. The molecule has 1 aromatic rings. The van der Waals surface area contributed by atoms with Gasteiger partial charge in [0, 0.05) is 18.8 Å². The fourth-order valence-electron chi connectivity index (χ4n) is 2.28. The van der Waals surface area contributed by atoms with Crippen molar-refractivity contribution < 1.29 is 22.5 Å². The normalized spacial score (nSPS) is 15.8. The van der Waals surface area contributed by atoms with Gasteiger partial charge in [-0.15, -0.1) is 0 Å². The molecular weight excluding hydrogens is 294 g/mol. The molecule has 1 heterocycles. The molecule has 0 aliphatic carbocycles. The Balaban J connectivity index is 1.90. The van der Waals surface area contributed by atoms with Crippen molar-refractivity contribution >= 4 is 21.8 Å². The van der Waals surface area contributed by atoms with Crippen LogP contribution in [0.5, 0.6) is 0 Å². The van der Waals surface area contributed by atoms with Crippen molar-refractivity contribution in [2.45, 2.75) is 19.3 Å². The smallest absolute Gasteiger partial charge is 0.338 e. The number of carbonyl (C=O) groups is 1. The zero-order valence-corrected chi connectivity index (χ0v) is 12.5. The van der Waals surface area contributed by atoms with Crippen LogP contribution in [-0.2, 0) is 14.9 Å². The lowest BCUT2D eigenvalue weighted by molar-refractivity contribution is 0.0528. The maximum Gasteiger partial charge on any atom is 0.338 e. The van der Waals surface area contributed by atoms with Crippen LogP contribution >= 0.6 is 0 Å². The number of rotatable bonds is 5. The Labute approximate surface area is 124 Å². The minimum atomic E-state index is -4.11. The van der Waals surface area contributed by atoms with Crippen LogP contribution in [0.2, 0.25) is 0 Å². The lowest BCUT2D eigenvalue weighted by Crippen LogP contribution is -2.29. The summed E-state index contributed by atoms with van der Waals surface area (Å²) >= 11 is 0. The van der Waals surface area contributed by atoms with E-state index in [1.54, 1.807) is 12.1 Å². The predicted octanol–water partition coefficient (Wildman–Crippen LogP) is 1.72. The first kappa shape index (κ1) is 15.8. The molecule has 1 aromatic carbocycles. The molecule has 0 radical (unpaired) electrons. The van der Waals surface area contributed by atoms with Gasteiger partial charge in [0.1, 0.15) is 12.4 Å². The first-order valence-electron chi connectivity index (χ1n) is 6.93. The monoisotopic (exact) mass is 313 g/mol.